The summed E-state index contributed by atoms with van der Waals surface area (Å²) in [5.41, 5.74) is 4.56. The maximum Gasteiger partial charge on any atom is 0.330 e. The van der Waals surface area contributed by atoms with Gasteiger partial charge in [-0.2, -0.15) is 4.31 Å². The Bertz CT molecular complexity index is 1200. The Morgan fingerprint density at radius 2 is 1.90 bits per heavy atom. The summed E-state index contributed by atoms with van der Waals surface area (Å²) in [6.07, 6.45) is 4.47. The summed E-state index contributed by atoms with van der Waals surface area (Å²) in [7, 11) is -0.783. The molecule has 0 atom stereocenters. The minimum absolute atomic E-state index is 0.0171. The fourth-order valence-corrected chi connectivity index (χ4v) is 5.27. The molecule has 11 nitrogen and oxygen atoms in total. The van der Waals surface area contributed by atoms with Gasteiger partial charge in [-0.05, 0) is 25.3 Å². The number of carbonyl (C=O) groups excluding carboxylic acids is 1. The van der Waals surface area contributed by atoms with Crippen molar-refractivity contribution >= 4 is 27.4 Å². The summed E-state index contributed by atoms with van der Waals surface area (Å²) in [5, 5.41) is 0. The highest BCUT2D eigenvalue weighted by molar-refractivity contribution is 7.89. The first-order valence-corrected chi connectivity index (χ1v) is 11.6. The molecule has 2 aromatic rings. The summed E-state index contributed by atoms with van der Waals surface area (Å²) in [5.74, 6) is -0.736. The van der Waals surface area contributed by atoms with Gasteiger partial charge in [-0.15, -0.1) is 0 Å². The number of sulfonamides is 1. The van der Waals surface area contributed by atoms with E-state index in [1.807, 2.05) is 6.92 Å². The van der Waals surface area contributed by atoms with E-state index in [9.17, 15) is 22.8 Å². The number of nitrogens with one attached hydrogen (secondary N) is 1. The van der Waals surface area contributed by atoms with Gasteiger partial charge in [-0.3, -0.25) is 19.1 Å². The van der Waals surface area contributed by atoms with Gasteiger partial charge in [-0.1, -0.05) is 13.3 Å². The highest BCUT2D eigenvalue weighted by atomic mass is 32.2. The normalized spacial score (nSPS) is 14.8. The van der Waals surface area contributed by atoms with Crippen LogP contribution in [-0.4, -0.2) is 52.9 Å². The average molecular weight is 453 g/mol. The number of nitrogens with zero attached hydrogens (tertiary/aromatic N) is 4. The molecule has 3 N–H and O–H groups in total. The van der Waals surface area contributed by atoms with Crippen LogP contribution in [0.4, 0.5) is 11.5 Å². The first-order chi connectivity index (χ1) is 14.6. The lowest BCUT2D eigenvalue weighted by molar-refractivity contribution is 0.0985. The summed E-state index contributed by atoms with van der Waals surface area (Å²) in [4.78, 5) is 41.0. The Morgan fingerprint density at radius 1 is 1.26 bits per heavy atom. The maximum atomic E-state index is 13.1. The van der Waals surface area contributed by atoms with Crippen LogP contribution in [0.15, 0.2) is 26.7 Å². The van der Waals surface area contributed by atoms with Crippen LogP contribution in [0.3, 0.4) is 0 Å². The third-order valence-corrected chi connectivity index (χ3v) is 7.36. The molecular weight excluding hydrogens is 424 g/mol. The summed E-state index contributed by atoms with van der Waals surface area (Å²) in [6.45, 7) is 3.15. The van der Waals surface area contributed by atoms with E-state index in [1.165, 1.54) is 32.8 Å². The molecule has 1 aliphatic heterocycles. The third-order valence-electron chi connectivity index (χ3n) is 5.49. The molecule has 2 aromatic heterocycles. The van der Waals surface area contributed by atoms with E-state index in [1.54, 1.807) is 7.05 Å². The molecule has 1 fully saturated rings. The second kappa shape index (κ2) is 8.71. The lowest BCUT2D eigenvalue weighted by Crippen LogP contribution is -2.39. The molecule has 3 heterocycles. The largest absolute Gasteiger partial charge is 0.383 e. The number of anilines is 2. The van der Waals surface area contributed by atoms with Gasteiger partial charge in [0.1, 0.15) is 16.4 Å². The molecular formula is C19H28N6O5S. The van der Waals surface area contributed by atoms with Gasteiger partial charge in [-0.25, -0.2) is 13.2 Å². The Hall–Kier alpha value is -2.86. The number of carbonyl (C=O) groups is 1. The maximum absolute atomic E-state index is 13.1. The minimum Gasteiger partial charge on any atom is -0.383 e. The van der Waals surface area contributed by atoms with Gasteiger partial charge in [0.15, 0.2) is 5.69 Å². The quantitative estimate of drug-likeness (QED) is 0.619. The summed E-state index contributed by atoms with van der Waals surface area (Å²) < 4.78 is 29.7. The van der Waals surface area contributed by atoms with Crippen LogP contribution in [0, 0.1) is 0 Å². The number of unbranched alkanes of at least 4 members (excludes halogenated alkanes) is 1. The van der Waals surface area contributed by atoms with Gasteiger partial charge in [0, 0.05) is 39.9 Å². The van der Waals surface area contributed by atoms with E-state index in [0.29, 0.717) is 26.1 Å². The smallest absolute Gasteiger partial charge is 0.330 e. The zero-order valence-electron chi connectivity index (χ0n) is 17.9. The Labute approximate surface area is 180 Å². The fourth-order valence-electron chi connectivity index (χ4n) is 3.68. The molecule has 0 saturated carbocycles. The lowest BCUT2D eigenvalue weighted by atomic mass is 10.3. The molecule has 0 radical (unpaired) electrons. The molecule has 0 bridgehead atoms. The SMILES string of the molecule is CCCCn1c(N)c(N(C)C(=O)c2cc(S(=O)(=O)N3CCCC3)cn2C)c(=O)[nH]c1=O. The van der Waals surface area contributed by atoms with Crippen LogP contribution in [-0.2, 0) is 23.6 Å². The number of aromatic amines is 1. The number of H-pyrrole nitrogens is 1. The predicted octanol–water partition coefficient (Wildman–Crippen LogP) is 0.319. The number of amides is 1. The molecule has 0 unspecified atom stereocenters. The minimum atomic E-state index is -3.70. The molecule has 0 aromatic carbocycles. The molecule has 12 heteroatoms. The average Bonchev–Trinajstić information content (AvgIpc) is 3.37. The standard InChI is InChI=1S/C19H28N6O5S/c1-4-5-10-25-16(20)15(17(26)21-19(25)28)23(3)18(27)14-11-13(12-22(14)2)31(29,30)24-8-6-7-9-24/h11-12H,4-10,20H2,1-3H3,(H,21,26,28). The number of hydrogen-bond acceptors (Lipinski definition) is 6. The zero-order chi connectivity index (χ0) is 22.9. The number of hydrogen-bond donors (Lipinski definition) is 2. The van der Waals surface area contributed by atoms with Crippen molar-refractivity contribution in [3.63, 3.8) is 0 Å². The monoisotopic (exact) mass is 452 g/mol. The second-order valence-corrected chi connectivity index (χ2v) is 9.58. The van der Waals surface area contributed by atoms with E-state index in [0.717, 1.165) is 24.2 Å². The molecule has 1 amide bonds. The van der Waals surface area contributed by atoms with Gasteiger partial charge in [0.05, 0.1) is 0 Å². The van der Waals surface area contributed by atoms with Crippen molar-refractivity contribution in [2.24, 2.45) is 7.05 Å². The van der Waals surface area contributed by atoms with E-state index in [-0.39, 0.29) is 22.1 Å². The van der Waals surface area contributed by atoms with Crippen LogP contribution >= 0.6 is 0 Å². The summed E-state index contributed by atoms with van der Waals surface area (Å²) in [6, 6.07) is 1.30. The summed E-state index contributed by atoms with van der Waals surface area (Å²) >= 11 is 0. The fraction of sp³-hybridized carbons (Fsp3) is 0.526. The second-order valence-electron chi connectivity index (χ2n) is 7.65. The molecule has 1 aliphatic rings. The number of nitrogen functional groups attached to an aromatic ring is 1. The highest BCUT2D eigenvalue weighted by Crippen LogP contribution is 2.24. The van der Waals surface area contributed by atoms with Crippen molar-refractivity contribution in [2.75, 3.05) is 30.8 Å². The first-order valence-electron chi connectivity index (χ1n) is 10.2. The molecule has 1 saturated heterocycles. The first kappa shape index (κ1) is 22.8. The van der Waals surface area contributed by atoms with E-state index >= 15 is 0 Å². The molecule has 0 spiro atoms. The molecule has 3 rings (SSSR count). The van der Waals surface area contributed by atoms with Gasteiger partial charge in [0.25, 0.3) is 11.5 Å². The van der Waals surface area contributed by atoms with Crippen LogP contribution in [0.2, 0.25) is 0 Å². The van der Waals surface area contributed by atoms with Crippen molar-refractivity contribution in [3.8, 4) is 0 Å². The lowest BCUT2D eigenvalue weighted by Gasteiger charge is -2.20. The third kappa shape index (κ3) is 4.17. The number of aryl methyl sites for hydroxylation is 1. The van der Waals surface area contributed by atoms with Gasteiger partial charge >= 0.3 is 5.69 Å². The Kier molecular flexibility index (Phi) is 6.41. The van der Waals surface area contributed by atoms with Gasteiger partial charge in [0.2, 0.25) is 10.0 Å². The van der Waals surface area contributed by atoms with Crippen molar-refractivity contribution in [1.82, 2.24) is 18.4 Å². The van der Waals surface area contributed by atoms with Crippen molar-refractivity contribution in [1.29, 1.82) is 0 Å². The number of nitrogens with two attached hydrogens (primary N) is 1. The van der Waals surface area contributed by atoms with Crippen LogP contribution in [0.5, 0.6) is 0 Å². The Morgan fingerprint density at radius 3 is 2.52 bits per heavy atom. The number of rotatable bonds is 7. The molecule has 170 valence electrons. The number of aromatic nitrogens is 3. The molecule has 31 heavy (non-hydrogen) atoms. The van der Waals surface area contributed by atoms with Gasteiger partial charge < -0.3 is 15.2 Å². The topological polar surface area (TPSA) is 143 Å². The predicted molar refractivity (Wildman–Crippen MR) is 117 cm³/mol. The van der Waals surface area contributed by atoms with E-state index < -0.39 is 27.2 Å². The van der Waals surface area contributed by atoms with Crippen LogP contribution < -0.4 is 21.9 Å². The van der Waals surface area contributed by atoms with E-state index in [4.69, 9.17) is 5.73 Å². The van der Waals surface area contributed by atoms with Crippen molar-refractivity contribution in [3.05, 3.63) is 38.8 Å². The highest BCUT2D eigenvalue weighted by Gasteiger charge is 2.31. The van der Waals surface area contributed by atoms with E-state index in [2.05, 4.69) is 4.98 Å². The van der Waals surface area contributed by atoms with Crippen molar-refractivity contribution < 1.29 is 13.2 Å². The van der Waals surface area contributed by atoms with Crippen LogP contribution in [0.25, 0.3) is 0 Å². The zero-order valence-corrected chi connectivity index (χ0v) is 18.7. The van der Waals surface area contributed by atoms with Crippen LogP contribution in [0.1, 0.15) is 43.1 Å². The Balaban J connectivity index is 1.98. The molecule has 0 aliphatic carbocycles. The van der Waals surface area contributed by atoms with Crippen molar-refractivity contribution in [2.45, 2.75) is 44.0 Å².